The van der Waals surface area contributed by atoms with Crippen molar-refractivity contribution in [3.8, 4) is 0 Å². The van der Waals surface area contributed by atoms with E-state index in [-0.39, 0.29) is 37.3 Å². The molecular weight excluding hydrogens is 373 g/mol. The molecule has 1 unspecified atom stereocenters. The van der Waals surface area contributed by atoms with Gasteiger partial charge in [0.25, 0.3) is 5.91 Å². The number of sulfonamides is 1. The number of rotatable bonds is 5. The van der Waals surface area contributed by atoms with E-state index in [0.29, 0.717) is 12.8 Å². The Kier molecular flexibility index (Phi) is 4.80. The third-order valence-electron chi connectivity index (χ3n) is 4.41. The highest BCUT2D eigenvalue weighted by Gasteiger charge is 2.41. The van der Waals surface area contributed by atoms with Crippen LogP contribution >= 0.6 is 0 Å². The van der Waals surface area contributed by atoms with Crippen molar-refractivity contribution in [1.82, 2.24) is 19.4 Å². The van der Waals surface area contributed by atoms with E-state index in [1.807, 2.05) is 0 Å². The van der Waals surface area contributed by atoms with Gasteiger partial charge in [-0.2, -0.15) is 18.3 Å². The second-order valence-electron chi connectivity index (χ2n) is 7.07. The highest BCUT2D eigenvalue weighted by molar-refractivity contribution is 7.90. The monoisotopic (exact) mass is 394 g/mol. The number of carbonyl (C=O) groups is 1. The first kappa shape index (κ1) is 19.2. The minimum atomic E-state index is -4.63. The minimum Gasteiger partial charge on any atom is -0.336 e. The highest BCUT2D eigenvalue weighted by Crippen LogP contribution is 2.38. The smallest absolute Gasteiger partial charge is 0.336 e. The average Bonchev–Trinajstić information content (AvgIpc) is 3.05. The van der Waals surface area contributed by atoms with E-state index in [9.17, 15) is 26.4 Å². The number of carbonyl (C=O) groups excluding carboxylic acids is 1. The Morgan fingerprint density at radius 3 is 2.50 bits per heavy atom. The lowest BCUT2D eigenvalue weighted by Gasteiger charge is -2.18. The van der Waals surface area contributed by atoms with Gasteiger partial charge in [0.15, 0.2) is 5.69 Å². The predicted octanol–water partition coefficient (Wildman–Crippen LogP) is 1.78. The second kappa shape index (κ2) is 6.52. The number of nitrogens with zero attached hydrogens (tertiary/aromatic N) is 3. The lowest BCUT2D eigenvalue weighted by atomic mass is 10.3. The van der Waals surface area contributed by atoms with Gasteiger partial charge in [0.1, 0.15) is 5.69 Å². The maximum Gasteiger partial charge on any atom is 0.435 e. The molecule has 1 aromatic heterocycles. The second-order valence-corrected chi connectivity index (χ2v) is 9.06. The van der Waals surface area contributed by atoms with Crippen LogP contribution in [0.4, 0.5) is 13.2 Å². The van der Waals surface area contributed by atoms with Crippen LogP contribution in [-0.2, 0) is 16.2 Å². The molecule has 1 aliphatic heterocycles. The van der Waals surface area contributed by atoms with Gasteiger partial charge in [-0.25, -0.2) is 13.1 Å². The number of amides is 1. The first-order chi connectivity index (χ1) is 12.0. The van der Waals surface area contributed by atoms with Crippen molar-refractivity contribution >= 4 is 15.9 Å². The Morgan fingerprint density at radius 2 is 1.96 bits per heavy atom. The van der Waals surface area contributed by atoms with Crippen LogP contribution < -0.4 is 4.72 Å². The Labute approximate surface area is 149 Å². The molecule has 1 aromatic rings. The third-order valence-corrected chi connectivity index (χ3v) is 6.47. The summed E-state index contributed by atoms with van der Waals surface area (Å²) >= 11 is 0. The summed E-state index contributed by atoms with van der Waals surface area (Å²) in [4.78, 5) is 14.0. The van der Waals surface area contributed by atoms with E-state index < -0.39 is 33.1 Å². The molecule has 1 N–H and O–H groups in total. The molecule has 7 nitrogen and oxygen atoms in total. The van der Waals surface area contributed by atoms with Gasteiger partial charge < -0.3 is 4.90 Å². The summed E-state index contributed by atoms with van der Waals surface area (Å²) in [5, 5.41) is 2.79. The van der Waals surface area contributed by atoms with E-state index >= 15 is 0 Å². The molecule has 1 amide bonds. The Hall–Kier alpha value is -1.62. The quantitative estimate of drug-likeness (QED) is 0.825. The molecule has 11 heteroatoms. The molecule has 1 saturated carbocycles. The molecule has 0 radical (unpaired) electrons. The summed E-state index contributed by atoms with van der Waals surface area (Å²) < 4.78 is 67.0. The van der Waals surface area contributed by atoms with E-state index in [0.717, 1.165) is 10.7 Å². The van der Waals surface area contributed by atoms with Gasteiger partial charge in [0.2, 0.25) is 10.0 Å². The molecule has 146 valence electrons. The molecule has 2 fully saturated rings. The van der Waals surface area contributed by atoms with E-state index in [1.54, 1.807) is 13.8 Å². The SMILES string of the molecule is CC(C)NS(=O)(=O)C1CCN(C(=O)c2cc(C(F)(F)F)nn2C2CC2)C1. The van der Waals surface area contributed by atoms with Crippen LogP contribution in [-0.4, -0.2) is 53.4 Å². The van der Waals surface area contributed by atoms with Gasteiger partial charge in [-0.3, -0.25) is 9.48 Å². The topological polar surface area (TPSA) is 84.3 Å². The van der Waals surface area contributed by atoms with Crippen molar-refractivity contribution in [2.24, 2.45) is 0 Å². The number of aromatic nitrogens is 2. The van der Waals surface area contributed by atoms with Crippen molar-refractivity contribution in [3.63, 3.8) is 0 Å². The van der Waals surface area contributed by atoms with E-state index in [1.165, 1.54) is 4.90 Å². The summed E-state index contributed by atoms with van der Waals surface area (Å²) in [6.07, 6.45) is -3.03. The largest absolute Gasteiger partial charge is 0.435 e. The van der Waals surface area contributed by atoms with Gasteiger partial charge in [-0.1, -0.05) is 0 Å². The maximum absolute atomic E-state index is 13.0. The number of alkyl halides is 3. The zero-order chi connectivity index (χ0) is 19.3. The van der Waals surface area contributed by atoms with Crippen molar-refractivity contribution in [2.75, 3.05) is 13.1 Å². The Bertz CT molecular complexity index is 800. The zero-order valence-electron chi connectivity index (χ0n) is 14.5. The Morgan fingerprint density at radius 1 is 1.31 bits per heavy atom. The molecule has 0 spiro atoms. The molecule has 0 aromatic carbocycles. The van der Waals surface area contributed by atoms with Gasteiger partial charge >= 0.3 is 6.18 Å². The number of hydrogen-bond acceptors (Lipinski definition) is 4. The third kappa shape index (κ3) is 3.88. The summed E-state index contributed by atoms with van der Waals surface area (Å²) in [5.74, 6) is -0.609. The van der Waals surface area contributed by atoms with Crippen LogP contribution in [0, 0.1) is 0 Å². The summed E-state index contributed by atoms with van der Waals surface area (Å²) in [6.45, 7) is 3.53. The van der Waals surface area contributed by atoms with Gasteiger partial charge in [0, 0.05) is 25.2 Å². The highest BCUT2D eigenvalue weighted by atomic mass is 32.2. The van der Waals surface area contributed by atoms with Gasteiger partial charge in [-0.15, -0.1) is 0 Å². The van der Waals surface area contributed by atoms with Crippen molar-refractivity contribution in [2.45, 2.75) is 56.6 Å². The van der Waals surface area contributed by atoms with Crippen LogP contribution in [0.5, 0.6) is 0 Å². The molecule has 3 rings (SSSR count). The predicted molar refractivity (Wildman–Crippen MR) is 87.0 cm³/mol. The van der Waals surface area contributed by atoms with Crippen LogP contribution in [0.3, 0.4) is 0 Å². The fourth-order valence-electron chi connectivity index (χ4n) is 3.04. The van der Waals surface area contributed by atoms with Crippen LogP contribution in [0.1, 0.15) is 55.3 Å². The molecule has 2 aliphatic rings. The summed E-state index contributed by atoms with van der Waals surface area (Å²) in [7, 11) is -3.59. The molecule has 0 bridgehead atoms. The first-order valence-electron chi connectivity index (χ1n) is 8.46. The summed E-state index contributed by atoms with van der Waals surface area (Å²) in [6, 6.07) is 0.291. The van der Waals surface area contributed by atoms with Crippen LogP contribution in [0.2, 0.25) is 0 Å². The molecule has 1 atom stereocenters. The summed E-state index contributed by atoms with van der Waals surface area (Å²) in [5.41, 5.74) is -1.23. The number of nitrogens with one attached hydrogen (secondary N) is 1. The van der Waals surface area contributed by atoms with E-state index in [2.05, 4.69) is 9.82 Å². The fourth-order valence-corrected chi connectivity index (χ4v) is 4.68. The van der Waals surface area contributed by atoms with Gasteiger partial charge in [-0.05, 0) is 33.1 Å². The Balaban J connectivity index is 1.79. The number of halogens is 3. The molecule has 1 saturated heterocycles. The number of likely N-dealkylation sites (tertiary alicyclic amines) is 1. The molecule has 26 heavy (non-hydrogen) atoms. The molecular formula is C15H21F3N4O3S. The maximum atomic E-state index is 13.0. The lowest BCUT2D eigenvalue weighted by Crippen LogP contribution is -2.40. The number of hydrogen-bond donors (Lipinski definition) is 1. The molecule has 1 aliphatic carbocycles. The molecule has 2 heterocycles. The lowest BCUT2D eigenvalue weighted by molar-refractivity contribution is -0.141. The fraction of sp³-hybridized carbons (Fsp3) is 0.733. The first-order valence-corrected chi connectivity index (χ1v) is 10.0. The zero-order valence-corrected chi connectivity index (χ0v) is 15.3. The van der Waals surface area contributed by atoms with Gasteiger partial charge in [0.05, 0.1) is 11.3 Å². The minimum absolute atomic E-state index is 0.0436. The van der Waals surface area contributed by atoms with Crippen LogP contribution in [0.25, 0.3) is 0 Å². The van der Waals surface area contributed by atoms with Crippen molar-refractivity contribution in [3.05, 3.63) is 17.5 Å². The van der Waals surface area contributed by atoms with Crippen LogP contribution in [0.15, 0.2) is 6.07 Å². The normalized spacial score (nSPS) is 21.6. The average molecular weight is 394 g/mol. The van der Waals surface area contributed by atoms with E-state index in [4.69, 9.17) is 0 Å². The standard InChI is InChI=1S/C15H21F3N4O3S/c1-9(2)20-26(24,25)11-5-6-21(8-11)14(23)12-7-13(15(16,17)18)19-22(12)10-3-4-10/h7,9-11,20H,3-6,8H2,1-2H3. The van der Waals surface area contributed by atoms with Crippen molar-refractivity contribution in [1.29, 1.82) is 0 Å². The van der Waals surface area contributed by atoms with Crippen molar-refractivity contribution < 1.29 is 26.4 Å².